The highest BCUT2D eigenvalue weighted by molar-refractivity contribution is 8.01. The largest absolute Gasteiger partial charge is 0.382 e. The topological polar surface area (TPSA) is 61.0 Å². The maximum atomic E-state index is 5.44. The van der Waals surface area contributed by atoms with Gasteiger partial charge in [0, 0.05) is 19.0 Å². The molecule has 0 saturated heterocycles. The Labute approximate surface area is 85.9 Å². The summed E-state index contributed by atoms with van der Waals surface area (Å²) in [5.41, 5.74) is 5.44. The van der Waals surface area contributed by atoms with Crippen molar-refractivity contribution < 1.29 is 4.74 Å². The first kappa shape index (κ1) is 10.7. The van der Waals surface area contributed by atoms with Gasteiger partial charge in [-0.1, -0.05) is 23.1 Å². The number of aromatic nitrogens is 2. The Kier molecular flexibility index (Phi) is 5.10. The van der Waals surface area contributed by atoms with E-state index in [-0.39, 0.29) is 0 Å². The van der Waals surface area contributed by atoms with Crippen LogP contribution in [0.1, 0.15) is 13.3 Å². The number of hydrogen-bond donors (Lipinski definition) is 1. The van der Waals surface area contributed by atoms with Crippen molar-refractivity contribution in [3.05, 3.63) is 0 Å². The molecule has 0 radical (unpaired) electrons. The van der Waals surface area contributed by atoms with Crippen LogP contribution in [0.4, 0.5) is 5.13 Å². The molecule has 0 spiro atoms. The molecule has 0 fully saturated rings. The van der Waals surface area contributed by atoms with Crippen LogP contribution in [-0.2, 0) is 4.74 Å². The molecule has 4 nitrogen and oxygen atoms in total. The maximum absolute atomic E-state index is 5.44. The zero-order valence-electron chi connectivity index (χ0n) is 7.52. The quantitative estimate of drug-likeness (QED) is 0.582. The second kappa shape index (κ2) is 6.17. The summed E-state index contributed by atoms with van der Waals surface area (Å²) in [5.74, 6) is 1.01. The van der Waals surface area contributed by atoms with E-state index >= 15 is 0 Å². The summed E-state index contributed by atoms with van der Waals surface area (Å²) < 4.78 is 6.14. The molecular weight excluding hydrogens is 206 g/mol. The molecule has 6 heteroatoms. The van der Waals surface area contributed by atoms with Gasteiger partial charge in [0.15, 0.2) is 4.34 Å². The fraction of sp³-hybridized carbons (Fsp3) is 0.714. The number of hydrogen-bond acceptors (Lipinski definition) is 6. The first-order chi connectivity index (χ1) is 6.33. The van der Waals surface area contributed by atoms with Crippen LogP contribution < -0.4 is 5.73 Å². The Bertz CT molecular complexity index is 241. The summed E-state index contributed by atoms with van der Waals surface area (Å²) in [6.07, 6.45) is 1.04. The lowest BCUT2D eigenvalue weighted by Gasteiger charge is -1.98. The zero-order valence-corrected chi connectivity index (χ0v) is 9.16. The molecule has 2 N–H and O–H groups in total. The van der Waals surface area contributed by atoms with Crippen LogP contribution in [0.2, 0.25) is 0 Å². The lowest BCUT2D eigenvalue weighted by Crippen LogP contribution is -1.94. The zero-order chi connectivity index (χ0) is 9.52. The van der Waals surface area contributed by atoms with Crippen molar-refractivity contribution in [1.29, 1.82) is 0 Å². The molecule has 0 aliphatic rings. The Morgan fingerprint density at radius 2 is 2.38 bits per heavy atom. The van der Waals surface area contributed by atoms with Crippen molar-refractivity contribution in [1.82, 2.24) is 10.2 Å². The van der Waals surface area contributed by atoms with E-state index in [0.717, 1.165) is 29.7 Å². The van der Waals surface area contributed by atoms with Crippen LogP contribution in [0.5, 0.6) is 0 Å². The normalized spacial score (nSPS) is 10.5. The monoisotopic (exact) mass is 219 g/mol. The molecule has 0 aromatic carbocycles. The van der Waals surface area contributed by atoms with Gasteiger partial charge in [0.25, 0.3) is 0 Å². The second-order valence-corrected chi connectivity index (χ2v) is 4.66. The number of anilines is 1. The average molecular weight is 219 g/mol. The molecule has 1 aromatic heterocycles. The van der Waals surface area contributed by atoms with Gasteiger partial charge in [-0.2, -0.15) is 0 Å². The first-order valence-electron chi connectivity index (χ1n) is 4.12. The van der Waals surface area contributed by atoms with Crippen molar-refractivity contribution in [3.8, 4) is 0 Å². The Hall–Kier alpha value is -0.330. The van der Waals surface area contributed by atoms with E-state index in [4.69, 9.17) is 10.5 Å². The fourth-order valence-electron chi connectivity index (χ4n) is 0.744. The highest BCUT2D eigenvalue weighted by Gasteiger charge is 2.00. The fourth-order valence-corrected chi connectivity index (χ4v) is 2.36. The summed E-state index contributed by atoms with van der Waals surface area (Å²) in [6, 6.07) is 0. The van der Waals surface area contributed by atoms with Crippen LogP contribution in [-0.4, -0.2) is 29.2 Å². The molecular formula is C7H13N3OS2. The van der Waals surface area contributed by atoms with Crippen molar-refractivity contribution in [2.24, 2.45) is 0 Å². The SMILES string of the molecule is CCOCCCSc1nnc(N)s1. The van der Waals surface area contributed by atoms with E-state index < -0.39 is 0 Å². The van der Waals surface area contributed by atoms with Gasteiger partial charge in [-0.25, -0.2) is 0 Å². The summed E-state index contributed by atoms with van der Waals surface area (Å²) in [7, 11) is 0. The molecule has 0 aliphatic carbocycles. The third-order valence-corrected chi connectivity index (χ3v) is 3.26. The molecule has 0 atom stereocenters. The molecule has 1 aromatic rings. The van der Waals surface area contributed by atoms with E-state index in [1.165, 1.54) is 11.3 Å². The van der Waals surface area contributed by atoms with Gasteiger partial charge in [-0.15, -0.1) is 10.2 Å². The maximum Gasteiger partial charge on any atom is 0.203 e. The minimum atomic E-state index is 0.535. The third-order valence-electron chi connectivity index (χ3n) is 1.28. The van der Waals surface area contributed by atoms with Gasteiger partial charge in [-0.3, -0.25) is 0 Å². The average Bonchev–Trinajstić information content (AvgIpc) is 2.51. The summed E-state index contributed by atoms with van der Waals surface area (Å²) in [6.45, 7) is 3.60. The number of thioether (sulfide) groups is 1. The molecule has 0 unspecified atom stereocenters. The summed E-state index contributed by atoms with van der Waals surface area (Å²) in [5, 5.41) is 8.16. The minimum absolute atomic E-state index is 0.535. The van der Waals surface area contributed by atoms with Gasteiger partial charge in [-0.05, 0) is 13.3 Å². The lowest BCUT2D eigenvalue weighted by molar-refractivity contribution is 0.149. The number of nitrogens with two attached hydrogens (primary N) is 1. The Morgan fingerprint density at radius 3 is 3.00 bits per heavy atom. The summed E-state index contributed by atoms with van der Waals surface area (Å²) in [4.78, 5) is 0. The van der Waals surface area contributed by atoms with Crippen LogP contribution in [0.25, 0.3) is 0 Å². The molecule has 1 heterocycles. The van der Waals surface area contributed by atoms with E-state index in [1.54, 1.807) is 11.8 Å². The van der Waals surface area contributed by atoms with Gasteiger partial charge < -0.3 is 10.5 Å². The molecule has 0 bridgehead atoms. The summed E-state index contributed by atoms with van der Waals surface area (Å²) >= 11 is 3.11. The molecule has 0 saturated carbocycles. The Balaban J connectivity index is 2.06. The van der Waals surface area contributed by atoms with Crippen LogP contribution in [0.3, 0.4) is 0 Å². The van der Waals surface area contributed by atoms with Gasteiger partial charge in [0.2, 0.25) is 5.13 Å². The van der Waals surface area contributed by atoms with Gasteiger partial charge >= 0.3 is 0 Å². The van der Waals surface area contributed by atoms with Crippen LogP contribution in [0, 0.1) is 0 Å². The minimum Gasteiger partial charge on any atom is -0.382 e. The first-order valence-corrected chi connectivity index (χ1v) is 5.92. The van der Waals surface area contributed by atoms with Crippen molar-refractivity contribution in [3.63, 3.8) is 0 Å². The number of ether oxygens (including phenoxy) is 1. The predicted octanol–water partition coefficient (Wildman–Crippen LogP) is 1.64. The lowest BCUT2D eigenvalue weighted by atomic mass is 10.5. The molecule has 0 amide bonds. The van der Waals surface area contributed by atoms with Crippen molar-refractivity contribution in [2.45, 2.75) is 17.7 Å². The van der Waals surface area contributed by atoms with Crippen molar-refractivity contribution >= 4 is 28.2 Å². The van der Waals surface area contributed by atoms with Crippen LogP contribution in [0.15, 0.2) is 4.34 Å². The number of rotatable bonds is 6. The highest BCUT2D eigenvalue weighted by Crippen LogP contribution is 2.23. The highest BCUT2D eigenvalue weighted by atomic mass is 32.2. The van der Waals surface area contributed by atoms with E-state index in [9.17, 15) is 0 Å². The standard InChI is InChI=1S/C7H13N3OS2/c1-2-11-4-3-5-12-7-10-9-6(8)13-7/h2-5H2,1H3,(H2,8,9). The van der Waals surface area contributed by atoms with E-state index in [2.05, 4.69) is 10.2 Å². The van der Waals surface area contributed by atoms with E-state index in [0.29, 0.717) is 5.13 Å². The molecule has 13 heavy (non-hydrogen) atoms. The number of nitrogen functional groups attached to an aromatic ring is 1. The molecule has 1 rings (SSSR count). The smallest absolute Gasteiger partial charge is 0.203 e. The third kappa shape index (κ3) is 4.44. The van der Waals surface area contributed by atoms with Crippen molar-refractivity contribution in [2.75, 3.05) is 24.7 Å². The van der Waals surface area contributed by atoms with Gasteiger partial charge in [0.1, 0.15) is 0 Å². The predicted molar refractivity (Wildman–Crippen MR) is 56.2 cm³/mol. The van der Waals surface area contributed by atoms with E-state index in [1.807, 2.05) is 6.92 Å². The number of nitrogens with zero attached hydrogens (tertiary/aromatic N) is 2. The molecule has 0 aliphatic heterocycles. The molecule has 74 valence electrons. The second-order valence-electron chi connectivity index (χ2n) is 2.31. The van der Waals surface area contributed by atoms with Gasteiger partial charge in [0.05, 0.1) is 0 Å². The van der Waals surface area contributed by atoms with Crippen LogP contribution >= 0.6 is 23.1 Å². The Morgan fingerprint density at radius 1 is 1.54 bits per heavy atom.